The predicted octanol–water partition coefficient (Wildman–Crippen LogP) is 6.03. The summed E-state index contributed by atoms with van der Waals surface area (Å²) in [5, 5.41) is 0.981. The number of hydrogen-bond donors (Lipinski definition) is 1. The summed E-state index contributed by atoms with van der Waals surface area (Å²) in [5.74, 6) is 0.977. The molecule has 21 heavy (non-hydrogen) atoms. The van der Waals surface area contributed by atoms with Crippen LogP contribution in [0.1, 0.15) is 6.92 Å². The van der Waals surface area contributed by atoms with Crippen LogP contribution >= 0.6 is 42.7 Å². The van der Waals surface area contributed by atoms with Crippen molar-refractivity contribution < 1.29 is 13.8 Å². The fourth-order valence-corrected chi connectivity index (χ4v) is 2.99. The summed E-state index contributed by atoms with van der Waals surface area (Å²) >= 11 is 16.0. The number of benzene rings is 2. The molecule has 0 aromatic heterocycles. The molecule has 2 aromatic rings. The predicted molar refractivity (Wildman–Crippen MR) is 90.3 cm³/mol. The Kier molecular flexibility index (Phi) is 5.77. The first-order valence-corrected chi connectivity index (χ1v) is 9.17. The third-order valence-corrected chi connectivity index (χ3v) is 3.81. The van der Waals surface area contributed by atoms with Gasteiger partial charge < -0.3 is 4.74 Å². The topological polar surface area (TPSA) is 35.5 Å². The Morgan fingerprint density at radius 1 is 1.19 bits per heavy atom. The summed E-state index contributed by atoms with van der Waals surface area (Å²) in [6.07, 6.45) is 0. The van der Waals surface area contributed by atoms with Crippen molar-refractivity contribution in [2.75, 3.05) is 6.61 Å². The van der Waals surface area contributed by atoms with Gasteiger partial charge >= 0.3 is 7.23 Å². The van der Waals surface area contributed by atoms with Crippen LogP contribution in [0, 0.1) is 0 Å². The molecule has 7 heteroatoms. The molecule has 0 fully saturated rings. The molecule has 2 rings (SSSR count). The van der Waals surface area contributed by atoms with E-state index in [0.29, 0.717) is 39.3 Å². The first-order valence-electron chi connectivity index (χ1n) is 6.08. The van der Waals surface area contributed by atoms with Crippen molar-refractivity contribution in [3.63, 3.8) is 0 Å². The number of hydrogen-bond acceptors (Lipinski definition) is 3. The molecule has 0 aliphatic rings. The maximum absolute atomic E-state index is 11.3. The summed E-state index contributed by atoms with van der Waals surface area (Å²) in [7, 11) is -2.10. The molecule has 0 bridgehead atoms. The number of halogens is 2. The van der Waals surface area contributed by atoms with Gasteiger partial charge in [0.05, 0.1) is 17.2 Å². The molecule has 1 unspecified atom stereocenters. The van der Waals surface area contributed by atoms with Crippen molar-refractivity contribution in [1.29, 1.82) is 0 Å². The van der Waals surface area contributed by atoms with Gasteiger partial charge in [-0.05, 0) is 35.8 Å². The van der Waals surface area contributed by atoms with Crippen molar-refractivity contribution in [1.82, 2.24) is 0 Å². The van der Waals surface area contributed by atoms with Crippen molar-refractivity contribution in [3.8, 4) is 22.6 Å². The normalized spacial score (nSPS) is 11.1. The Hall–Kier alpha value is -0.930. The standard InChI is InChI=1S/C14H11Cl2O3PS/c1-2-18-12-4-3-5-13(19-20(17)21)14(12)10-7-6-9(15)8-11(10)16/h3-8H,2H2,1H3/p+1. The third-order valence-electron chi connectivity index (χ3n) is 2.66. The van der Waals surface area contributed by atoms with E-state index in [9.17, 15) is 4.57 Å². The zero-order chi connectivity index (χ0) is 15.4. The molecule has 2 aromatic carbocycles. The van der Waals surface area contributed by atoms with Gasteiger partial charge in [0.25, 0.3) is 0 Å². The molecular formula is C14H12Cl2O3PS+. The van der Waals surface area contributed by atoms with Crippen LogP contribution < -0.4 is 9.26 Å². The molecule has 0 N–H and O–H groups in total. The van der Waals surface area contributed by atoms with E-state index in [1.807, 2.05) is 6.92 Å². The Morgan fingerprint density at radius 3 is 2.52 bits per heavy atom. The smallest absolute Gasteiger partial charge is 0.493 e. The fourth-order valence-electron chi connectivity index (χ4n) is 1.90. The third kappa shape index (κ3) is 4.04. The summed E-state index contributed by atoms with van der Waals surface area (Å²) in [6, 6.07) is 10.3. The van der Waals surface area contributed by atoms with Gasteiger partial charge in [-0.3, -0.25) is 0 Å². The quantitative estimate of drug-likeness (QED) is 0.521. The molecule has 3 nitrogen and oxygen atoms in total. The molecule has 0 radical (unpaired) electrons. The maximum Gasteiger partial charge on any atom is 0.631 e. The van der Waals surface area contributed by atoms with E-state index in [2.05, 4.69) is 12.2 Å². The van der Waals surface area contributed by atoms with Crippen LogP contribution in [0.4, 0.5) is 0 Å². The van der Waals surface area contributed by atoms with Crippen LogP contribution in [0.25, 0.3) is 11.1 Å². The summed E-state index contributed by atoms with van der Waals surface area (Å²) in [5.41, 5.74) is 1.31. The molecule has 0 amide bonds. The van der Waals surface area contributed by atoms with Gasteiger partial charge in [-0.15, -0.1) is 0 Å². The molecule has 0 aliphatic carbocycles. The van der Waals surface area contributed by atoms with E-state index in [1.54, 1.807) is 36.4 Å². The van der Waals surface area contributed by atoms with Crippen LogP contribution in [0.2, 0.25) is 10.0 Å². The van der Waals surface area contributed by atoms with E-state index in [4.69, 9.17) is 32.5 Å². The summed E-state index contributed by atoms with van der Waals surface area (Å²) in [6.45, 7) is 2.36. The Morgan fingerprint density at radius 2 is 1.90 bits per heavy atom. The van der Waals surface area contributed by atoms with E-state index in [-0.39, 0.29) is 0 Å². The average molecular weight is 362 g/mol. The maximum atomic E-state index is 11.3. The average Bonchev–Trinajstić information content (AvgIpc) is 2.40. The van der Waals surface area contributed by atoms with Gasteiger partial charge in [-0.2, -0.15) is 0 Å². The lowest BCUT2D eigenvalue weighted by Crippen LogP contribution is -1.96. The van der Waals surface area contributed by atoms with Gasteiger partial charge in [0.1, 0.15) is 5.75 Å². The van der Waals surface area contributed by atoms with Gasteiger partial charge in [-0.1, -0.05) is 35.3 Å². The lowest BCUT2D eigenvalue weighted by Gasteiger charge is -2.13. The SMILES string of the molecule is CCOc1cccc(O[P+](=O)S)c1-c1ccc(Cl)cc1Cl. The second-order valence-corrected chi connectivity index (χ2v) is 6.50. The number of thiol groups is 1. The highest BCUT2D eigenvalue weighted by Crippen LogP contribution is 2.45. The van der Waals surface area contributed by atoms with E-state index in [0.717, 1.165) is 0 Å². The minimum atomic E-state index is -2.10. The number of rotatable bonds is 5. The molecule has 0 aliphatic heterocycles. The molecule has 1 atom stereocenters. The van der Waals surface area contributed by atoms with Gasteiger partial charge in [0, 0.05) is 10.6 Å². The van der Waals surface area contributed by atoms with Crippen molar-refractivity contribution >= 4 is 42.7 Å². The minimum Gasteiger partial charge on any atom is -0.493 e. The highest BCUT2D eigenvalue weighted by molar-refractivity contribution is 8.39. The Balaban J connectivity index is 2.64. The molecule has 0 saturated carbocycles. The van der Waals surface area contributed by atoms with Crippen molar-refractivity contribution in [3.05, 3.63) is 46.4 Å². The first-order chi connectivity index (χ1) is 10.0. The Labute approximate surface area is 139 Å². The van der Waals surface area contributed by atoms with Crippen LogP contribution in [-0.4, -0.2) is 6.61 Å². The molecule has 0 saturated heterocycles. The van der Waals surface area contributed by atoms with Gasteiger partial charge in [0.15, 0.2) is 18.0 Å². The van der Waals surface area contributed by atoms with E-state index >= 15 is 0 Å². The summed E-state index contributed by atoms with van der Waals surface area (Å²) < 4.78 is 22.2. The molecule has 0 spiro atoms. The monoisotopic (exact) mass is 361 g/mol. The zero-order valence-electron chi connectivity index (χ0n) is 11.0. The van der Waals surface area contributed by atoms with Crippen LogP contribution in [-0.2, 0) is 4.57 Å². The second kappa shape index (κ2) is 7.37. The van der Waals surface area contributed by atoms with Crippen LogP contribution in [0.3, 0.4) is 0 Å². The zero-order valence-corrected chi connectivity index (χ0v) is 14.3. The van der Waals surface area contributed by atoms with Crippen LogP contribution in [0.15, 0.2) is 36.4 Å². The van der Waals surface area contributed by atoms with Crippen LogP contribution in [0.5, 0.6) is 11.5 Å². The molecular weight excluding hydrogens is 350 g/mol. The second-order valence-electron chi connectivity index (χ2n) is 4.02. The van der Waals surface area contributed by atoms with E-state index < -0.39 is 7.23 Å². The lowest BCUT2D eigenvalue weighted by atomic mass is 10.0. The van der Waals surface area contributed by atoms with E-state index in [1.165, 1.54) is 0 Å². The van der Waals surface area contributed by atoms with Gasteiger partial charge in [-0.25, -0.2) is 4.52 Å². The fraction of sp³-hybridized carbons (Fsp3) is 0.143. The lowest BCUT2D eigenvalue weighted by molar-refractivity contribution is 0.340. The number of ether oxygens (including phenoxy) is 1. The minimum absolute atomic E-state index is 0.390. The van der Waals surface area contributed by atoms with Crippen molar-refractivity contribution in [2.45, 2.75) is 6.92 Å². The Bertz CT molecular complexity index is 679. The summed E-state index contributed by atoms with van der Waals surface area (Å²) in [4.78, 5) is 0. The molecule has 0 heterocycles. The largest absolute Gasteiger partial charge is 0.631 e. The highest BCUT2D eigenvalue weighted by Gasteiger charge is 2.22. The highest BCUT2D eigenvalue weighted by atomic mass is 35.5. The van der Waals surface area contributed by atoms with Crippen molar-refractivity contribution in [2.24, 2.45) is 0 Å². The van der Waals surface area contributed by atoms with Gasteiger partial charge in [0.2, 0.25) is 0 Å². The first kappa shape index (κ1) is 16.4. The molecule has 110 valence electrons.